The number of nitrogens with one attached hydrogen (secondary N) is 2. The summed E-state index contributed by atoms with van der Waals surface area (Å²) in [6, 6.07) is 14.8. The maximum absolute atomic E-state index is 5.48. The van der Waals surface area contributed by atoms with Gasteiger partial charge in [0, 0.05) is 42.1 Å². The van der Waals surface area contributed by atoms with Gasteiger partial charge < -0.3 is 20.3 Å². The Hall–Kier alpha value is -2.38. The molecule has 1 saturated carbocycles. The molecule has 1 aliphatic rings. The van der Waals surface area contributed by atoms with Crippen LogP contribution >= 0.6 is 15.9 Å². The highest BCUT2D eigenvalue weighted by atomic mass is 79.9. The molecule has 1 aromatic heterocycles. The Morgan fingerprint density at radius 2 is 1.82 bits per heavy atom. The zero-order valence-corrected chi connectivity index (χ0v) is 20.7. The number of aromatic nitrogens is 2. The number of rotatable bonds is 8. The van der Waals surface area contributed by atoms with E-state index in [1.807, 2.05) is 38.4 Å². The van der Waals surface area contributed by atoms with Crippen molar-refractivity contribution in [2.45, 2.75) is 45.7 Å². The van der Waals surface area contributed by atoms with Crippen LogP contribution in [0.2, 0.25) is 0 Å². The molecular weight excluding hydrogens is 478 g/mol. The quantitative estimate of drug-likeness (QED) is 0.393. The fourth-order valence-electron chi connectivity index (χ4n) is 4.46. The third-order valence-corrected chi connectivity index (χ3v) is 6.67. The summed E-state index contributed by atoms with van der Waals surface area (Å²) in [4.78, 5) is 11.6. The van der Waals surface area contributed by atoms with E-state index in [1.165, 1.54) is 18.4 Å². The van der Waals surface area contributed by atoms with Crippen LogP contribution in [0.15, 0.2) is 46.9 Å². The predicted molar refractivity (Wildman–Crippen MR) is 142 cm³/mol. The molecule has 0 atom stereocenters. The highest BCUT2D eigenvalue weighted by Crippen LogP contribution is 2.28. The number of methoxy groups -OCH3 is 1. The van der Waals surface area contributed by atoms with Gasteiger partial charge in [-0.1, -0.05) is 35.5 Å². The second-order valence-electron chi connectivity index (χ2n) is 8.73. The van der Waals surface area contributed by atoms with Gasteiger partial charge in [-0.05, 0) is 68.5 Å². The van der Waals surface area contributed by atoms with Crippen molar-refractivity contribution < 1.29 is 4.74 Å². The van der Waals surface area contributed by atoms with Gasteiger partial charge in [-0.2, -0.15) is 4.98 Å². The Labute approximate surface area is 206 Å². The molecule has 0 unspecified atom stereocenters. The average Bonchev–Trinajstić information content (AvgIpc) is 2.80. The summed E-state index contributed by atoms with van der Waals surface area (Å²) in [6.45, 7) is 1.85. The monoisotopic (exact) mass is 513 g/mol. The van der Waals surface area contributed by atoms with Crippen LogP contribution in [-0.2, 0) is 6.54 Å². The smallest absolute Gasteiger partial charge is 0.225 e. The van der Waals surface area contributed by atoms with Crippen LogP contribution in [0.4, 0.5) is 11.8 Å². The number of hydrogen-bond donors (Lipinski definition) is 2. The van der Waals surface area contributed by atoms with Crippen LogP contribution in [0.3, 0.4) is 0 Å². The summed E-state index contributed by atoms with van der Waals surface area (Å²) in [7, 11) is 5.78. The molecule has 1 heterocycles. The lowest BCUT2D eigenvalue weighted by molar-refractivity contribution is 0.322. The standard InChI is InChI=1S/C25H32BrN5O.CH4/c1-31(2)24-21-6-4-5-7-22(21)29-25(30-24)28-20-11-8-17(9-12-20)15-27-16-18-14-19(26)10-13-23(18)32-3;/h4-7,10,13-14,17,20,27H,8-9,11-12,15-16H2,1-3H3,(H,28,29,30);1H4. The van der Waals surface area contributed by atoms with Crippen molar-refractivity contribution in [2.75, 3.05) is 38.0 Å². The van der Waals surface area contributed by atoms with E-state index in [9.17, 15) is 0 Å². The molecule has 0 radical (unpaired) electrons. The molecule has 33 heavy (non-hydrogen) atoms. The molecule has 0 aliphatic heterocycles. The minimum atomic E-state index is 0. The highest BCUT2D eigenvalue weighted by molar-refractivity contribution is 9.10. The summed E-state index contributed by atoms with van der Waals surface area (Å²) in [5.41, 5.74) is 2.16. The van der Waals surface area contributed by atoms with E-state index >= 15 is 0 Å². The summed E-state index contributed by atoms with van der Waals surface area (Å²) in [6.07, 6.45) is 4.68. The first-order chi connectivity index (χ1) is 15.5. The second-order valence-corrected chi connectivity index (χ2v) is 9.65. The van der Waals surface area contributed by atoms with Gasteiger partial charge >= 0.3 is 0 Å². The molecule has 4 rings (SSSR count). The van der Waals surface area contributed by atoms with E-state index in [2.05, 4.69) is 49.7 Å². The van der Waals surface area contributed by atoms with Crippen LogP contribution < -0.4 is 20.3 Å². The summed E-state index contributed by atoms with van der Waals surface area (Å²) in [5.74, 6) is 3.32. The minimum Gasteiger partial charge on any atom is -0.496 e. The van der Waals surface area contributed by atoms with Crippen molar-refractivity contribution in [2.24, 2.45) is 5.92 Å². The second kappa shape index (κ2) is 11.7. The molecular formula is C26H36BrN5O. The van der Waals surface area contributed by atoms with Gasteiger partial charge in [0.2, 0.25) is 5.95 Å². The normalized spacial score (nSPS) is 17.9. The maximum atomic E-state index is 5.48. The first-order valence-electron chi connectivity index (χ1n) is 11.3. The van der Waals surface area contributed by atoms with Crippen molar-refractivity contribution in [3.63, 3.8) is 0 Å². The minimum absolute atomic E-state index is 0. The van der Waals surface area contributed by atoms with E-state index in [4.69, 9.17) is 14.7 Å². The van der Waals surface area contributed by atoms with Crippen LogP contribution in [0.25, 0.3) is 10.9 Å². The average molecular weight is 515 g/mol. The lowest BCUT2D eigenvalue weighted by Gasteiger charge is -2.29. The SMILES string of the molecule is C.COc1ccc(Br)cc1CNCC1CCC(Nc2nc(N(C)C)c3ccccc3n2)CC1. The number of para-hydroxylation sites is 1. The fourth-order valence-corrected chi connectivity index (χ4v) is 4.86. The zero-order valence-electron chi connectivity index (χ0n) is 19.1. The summed E-state index contributed by atoms with van der Waals surface area (Å²) >= 11 is 3.55. The number of ether oxygens (including phenoxy) is 1. The molecule has 0 saturated heterocycles. The largest absolute Gasteiger partial charge is 0.496 e. The van der Waals surface area contributed by atoms with E-state index in [1.54, 1.807) is 7.11 Å². The van der Waals surface area contributed by atoms with Crippen molar-refractivity contribution >= 4 is 38.6 Å². The van der Waals surface area contributed by atoms with Gasteiger partial charge in [-0.15, -0.1) is 0 Å². The van der Waals surface area contributed by atoms with Crippen molar-refractivity contribution in [1.82, 2.24) is 15.3 Å². The summed E-state index contributed by atoms with van der Waals surface area (Å²) in [5, 5.41) is 8.31. The molecule has 2 N–H and O–H groups in total. The van der Waals surface area contributed by atoms with Gasteiger partial charge in [-0.25, -0.2) is 4.98 Å². The van der Waals surface area contributed by atoms with E-state index < -0.39 is 0 Å². The molecule has 3 aromatic rings. The van der Waals surface area contributed by atoms with Crippen LogP contribution in [0.1, 0.15) is 38.7 Å². The number of halogens is 1. The Morgan fingerprint density at radius 1 is 1.06 bits per heavy atom. The molecule has 1 fully saturated rings. The Bertz CT molecular complexity index is 1050. The van der Waals surface area contributed by atoms with Gasteiger partial charge in [0.1, 0.15) is 11.6 Å². The van der Waals surface area contributed by atoms with Crippen molar-refractivity contribution in [3.05, 3.63) is 52.5 Å². The van der Waals surface area contributed by atoms with Crippen LogP contribution in [-0.4, -0.2) is 43.8 Å². The van der Waals surface area contributed by atoms with Gasteiger partial charge in [0.25, 0.3) is 0 Å². The molecule has 0 spiro atoms. The first-order valence-corrected chi connectivity index (χ1v) is 12.1. The van der Waals surface area contributed by atoms with Crippen molar-refractivity contribution in [1.29, 1.82) is 0 Å². The molecule has 6 nitrogen and oxygen atoms in total. The molecule has 2 aromatic carbocycles. The molecule has 7 heteroatoms. The fraction of sp³-hybridized carbons (Fsp3) is 0.462. The highest BCUT2D eigenvalue weighted by Gasteiger charge is 2.22. The predicted octanol–water partition coefficient (Wildman–Crippen LogP) is 5.86. The number of benzene rings is 2. The molecule has 1 aliphatic carbocycles. The number of anilines is 2. The number of fused-ring (bicyclic) bond motifs is 1. The third kappa shape index (κ3) is 6.36. The number of nitrogens with zero attached hydrogens (tertiary/aromatic N) is 3. The number of hydrogen-bond acceptors (Lipinski definition) is 6. The van der Waals surface area contributed by atoms with Gasteiger partial charge in [0.05, 0.1) is 12.6 Å². The van der Waals surface area contributed by atoms with E-state index in [0.29, 0.717) is 12.0 Å². The third-order valence-electron chi connectivity index (χ3n) is 6.18. The van der Waals surface area contributed by atoms with Crippen LogP contribution in [0.5, 0.6) is 5.75 Å². The van der Waals surface area contributed by atoms with Gasteiger partial charge in [-0.3, -0.25) is 0 Å². The topological polar surface area (TPSA) is 62.3 Å². The molecule has 178 valence electrons. The van der Waals surface area contributed by atoms with Crippen LogP contribution in [0, 0.1) is 5.92 Å². The summed E-state index contributed by atoms with van der Waals surface area (Å²) < 4.78 is 6.56. The zero-order chi connectivity index (χ0) is 22.5. The Kier molecular flexibility index (Phi) is 8.92. The maximum Gasteiger partial charge on any atom is 0.225 e. The van der Waals surface area contributed by atoms with Gasteiger partial charge in [0.15, 0.2) is 0 Å². The lowest BCUT2D eigenvalue weighted by atomic mass is 9.86. The van der Waals surface area contributed by atoms with E-state index in [0.717, 1.165) is 58.8 Å². The lowest BCUT2D eigenvalue weighted by Crippen LogP contribution is -2.31. The first kappa shape index (κ1) is 25.2. The van der Waals surface area contributed by atoms with E-state index in [-0.39, 0.29) is 7.43 Å². The Morgan fingerprint density at radius 3 is 2.55 bits per heavy atom. The molecule has 0 bridgehead atoms. The Balaban J connectivity index is 0.00000306. The van der Waals surface area contributed by atoms with Crippen molar-refractivity contribution in [3.8, 4) is 5.75 Å². The molecule has 0 amide bonds.